The fourth-order valence-corrected chi connectivity index (χ4v) is 3.43. The average molecular weight is 224 g/mol. The van der Waals surface area contributed by atoms with Crippen molar-refractivity contribution in [2.24, 2.45) is 17.8 Å². The van der Waals surface area contributed by atoms with Gasteiger partial charge in [-0.2, -0.15) is 0 Å². The van der Waals surface area contributed by atoms with Crippen LogP contribution in [-0.4, -0.2) is 38.1 Å². The second-order valence-electron chi connectivity index (χ2n) is 6.21. The molecule has 0 spiro atoms. The van der Waals surface area contributed by atoms with Crippen LogP contribution < -0.4 is 5.32 Å². The first-order chi connectivity index (χ1) is 7.74. The van der Waals surface area contributed by atoms with Crippen LogP contribution in [0.2, 0.25) is 0 Å². The summed E-state index contributed by atoms with van der Waals surface area (Å²) in [5, 5.41) is 3.71. The molecule has 94 valence electrons. The van der Waals surface area contributed by atoms with Gasteiger partial charge in [0.15, 0.2) is 0 Å². The predicted molar refractivity (Wildman–Crippen MR) is 69.6 cm³/mol. The van der Waals surface area contributed by atoms with Crippen molar-refractivity contribution >= 4 is 0 Å². The number of hydrogen-bond acceptors (Lipinski definition) is 2. The normalized spacial score (nSPS) is 36.8. The van der Waals surface area contributed by atoms with Gasteiger partial charge in [-0.1, -0.05) is 19.8 Å². The van der Waals surface area contributed by atoms with Gasteiger partial charge < -0.3 is 10.2 Å². The fourth-order valence-electron chi connectivity index (χ4n) is 3.43. The van der Waals surface area contributed by atoms with Crippen LogP contribution in [0.3, 0.4) is 0 Å². The van der Waals surface area contributed by atoms with E-state index in [9.17, 15) is 0 Å². The van der Waals surface area contributed by atoms with Crippen LogP contribution >= 0.6 is 0 Å². The minimum absolute atomic E-state index is 0.908. The van der Waals surface area contributed by atoms with Gasteiger partial charge >= 0.3 is 0 Å². The van der Waals surface area contributed by atoms with Crippen molar-refractivity contribution in [3.63, 3.8) is 0 Å². The summed E-state index contributed by atoms with van der Waals surface area (Å²) >= 11 is 0. The van der Waals surface area contributed by atoms with Crippen LogP contribution in [-0.2, 0) is 0 Å². The topological polar surface area (TPSA) is 15.3 Å². The number of rotatable bonds is 4. The molecule has 0 bridgehead atoms. The molecular weight excluding hydrogens is 196 g/mol. The summed E-state index contributed by atoms with van der Waals surface area (Å²) in [6, 6.07) is 0. The van der Waals surface area contributed by atoms with Crippen molar-refractivity contribution in [2.45, 2.75) is 39.0 Å². The smallest absolute Gasteiger partial charge is 0.00192 e. The third-order valence-electron chi connectivity index (χ3n) is 4.40. The lowest BCUT2D eigenvalue weighted by Gasteiger charge is -2.27. The van der Waals surface area contributed by atoms with Crippen LogP contribution in [0.15, 0.2) is 0 Å². The van der Waals surface area contributed by atoms with Crippen LogP contribution in [0.4, 0.5) is 0 Å². The summed E-state index contributed by atoms with van der Waals surface area (Å²) in [6.45, 7) is 7.53. The van der Waals surface area contributed by atoms with Gasteiger partial charge in [0.2, 0.25) is 0 Å². The van der Waals surface area contributed by atoms with Gasteiger partial charge in [-0.05, 0) is 63.7 Å². The van der Waals surface area contributed by atoms with Gasteiger partial charge in [-0.15, -0.1) is 0 Å². The quantitative estimate of drug-likeness (QED) is 0.788. The monoisotopic (exact) mass is 224 g/mol. The number of likely N-dealkylation sites (tertiary alicyclic amines) is 1. The Morgan fingerprint density at radius 1 is 1.12 bits per heavy atom. The number of nitrogens with zero attached hydrogens (tertiary/aromatic N) is 1. The molecule has 0 radical (unpaired) electrons. The number of nitrogens with one attached hydrogen (secondary N) is 1. The van der Waals surface area contributed by atoms with Crippen molar-refractivity contribution in [2.75, 3.05) is 33.2 Å². The molecule has 1 N–H and O–H groups in total. The summed E-state index contributed by atoms with van der Waals surface area (Å²) in [4.78, 5) is 2.45. The molecule has 0 aromatic rings. The zero-order valence-electron chi connectivity index (χ0n) is 11.0. The summed E-state index contributed by atoms with van der Waals surface area (Å²) in [7, 11) is 2.24. The molecule has 1 heterocycles. The molecular formula is C14H28N2. The molecule has 1 saturated heterocycles. The maximum atomic E-state index is 3.71. The second-order valence-corrected chi connectivity index (χ2v) is 6.21. The first kappa shape index (κ1) is 12.4. The molecule has 3 atom stereocenters. The molecule has 0 amide bonds. The molecule has 1 aliphatic carbocycles. The van der Waals surface area contributed by atoms with Crippen molar-refractivity contribution in [1.82, 2.24) is 10.2 Å². The van der Waals surface area contributed by atoms with E-state index in [2.05, 4.69) is 24.2 Å². The van der Waals surface area contributed by atoms with Gasteiger partial charge in [0.05, 0.1) is 0 Å². The van der Waals surface area contributed by atoms with Gasteiger partial charge in [0, 0.05) is 6.54 Å². The summed E-state index contributed by atoms with van der Waals surface area (Å²) in [5.41, 5.74) is 0. The highest BCUT2D eigenvalue weighted by Gasteiger charge is 2.21. The lowest BCUT2D eigenvalue weighted by molar-refractivity contribution is 0.270. The lowest BCUT2D eigenvalue weighted by atomic mass is 9.82. The molecule has 2 heteroatoms. The average Bonchev–Trinajstić information content (AvgIpc) is 2.64. The Morgan fingerprint density at radius 2 is 1.94 bits per heavy atom. The van der Waals surface area contributed by atoms with E-state index in [4.69, 9.17) is 0 Å². The maximum absolute atomic E-state index is 3.71. The molecule has 2 rings (SSSR count). The minimum Gasteiger partial charge on any atom is -0.316 e. The summed E-state index contributed by atoms with van der Waals surface area (Å²) in [6.07, 6.45) is 7.23. The van der Waals surface area contributed by atoms with Crippen LogP contribution in [0.25, 0.3) is 0 Å². The molecule has 0 aromatic carbocycles. The highest BCUT2D eigenvalue weighted by atomic mass is 15.1. The Hall–Kier alpha value is -0.0800. The zero-order valence-corrected chi connectivity index (χ0v) is 11.0. The first-order valence-electron chi connectivity index (χ1n) is 7.13. The molecule has 0 aromatic heterocycles. The van der Waals surface area contributed by atoms with Gasteiger partial charge in [-0.3, -0.25) is 0 Å². The van der Waals surface area contributed by atoms with Gasteiger partial charge in [0.1, 0.15) is 0 Å². The summed E-state index contributed by atoms with van der Waals surface area (Å²) < 4.78 is 0. The molecule has 3 unspecified atom stereocenters. The summed E-state index contributed by atoms with van der Waals surface area (Å²) in [5.74, 6) is 2.84. The molecule has 2 nitrogen and oxygen atoms in total. The van der Waals surface area contributed by atoms with Crippen molar-refractivity contribution in [1.29, 1.82) is 0 Å². The Balaban J connectivity index is 1.57. The van der Waals surface area contributed by atoms with Crippen molar-refractivity contribution < 1.29 is 0 Å². The van der Waals surface area contributed by atoms with E-state index in [-0.39, 0.29) is 0 Å². The van der Waals surface area contributed by atoms with Gasteiger partial charge in [0.25, 0.3) is 0 Å². The van der Waals surface area contributed by atoms with E-state index in [1.807, 2.05) is 0 Å². The number of hydrogen-bond donors (Lipinski definition) is 1. The largest absolute Gasteiger partial charge is 0.316 e. The highest BCUT2D eigenvalue weighted by molar-refractivity contribution is 4.77. The maximum Gasteiger partial charge on any atom is 0.00192 e. The van der Waals surface area contributed by atoms with Crippen LogP contribution in [0.5, 0.6) is 0 Å². The van der Waals surface area contributed by atoms with E-state index in [1.165, 1.54) is 58.3 Å². The zero-order chi connectivity index (χ0) is 11.4. The predicted octanol–water partition coefficient (Wildman–Crippen LogP) is 2.35. The van der Waals surface area contributed by atoms with Gasteiger partial charge in [-0.25, -0.2) is 0 Å². The van der Waals surface area contributed by atoms with E-state index in [0.717, 1.165) is 17.8 Å². The van der Waals surface area contributed by atoms with E-state index in [0.29, 0.717) is 0 Å². The van der Waals surface area contributed by atoms with Crippen molar-refractivity contribution in [3.05, 3.63) is 0 Å². The standard InChI is InChI=1S/C14H28N2/c1-12-4-3-5-13(8-12)9-15-10-14-6-7-16(2)11-14/h12-15H,3-11H2,1-2H3. The van der Waals surface area contributed by atoms with Crippen LogP contribution in [0, 0.1) is 17.8 Å². The lowest BCUT2D eigenvalue weighted by Crippen LogP contribution is -2.31. The molecule has 1 aliphatic heterocycles. The fraction of sp³-hybridized carbons (Fsp3) is 1.00. The highest BCUT2D eigenvalue weighted by Crippen LogP contribution is 2.28. The Morgan fingerprint density at radius 3 is 2.62 bits per heavy atom. The van der Waals surface area contributed by atoms with E-state index < -0.39 is 0 Å². The molecule has 16 heavy (non-hydrogen) atoms. The third kappa shape index (κ3) is 3.74. The minimum atomic E-state index is 0.908. The molecule has 2 fully saturated rings. The Labute approximate surface area is 101 Å². The Bertz CT molecular complexity index is 205. The SMILES string of the molecule is CC1CCCC(CNCC2CCN(C)C2)C1. The van der Waals surface area contributed by atoms with E-state index >= 15 is 0 Å². The second kappa shape index (κ2) is 6.02. The van der Waals surface area contributed by atoms with Crippen molar-refractivity contribution in [3.8, 4) is 0 Å². The van der Waals surface area contributed by atoms with Crippen LogP contribution in [0.1, 0.15) is 39.0 Å². The first-order valence-corrected chi connectivity index (χ1v) is 7.13. The molecule has 2 aliphatic rings. The third-order valence-corrected chi connectivity index (χ3v) is 4.40. The molecule has 1 saturated carbocycles. The Kier molecular flexibility index (Phi) is 4.66. The van der Waals surface area contributed by atoms with E-state index in [1.54, 1.807) is 0 Å².